The van der Waals surface area contributed by atoms with E-state index < -0.39 is 0 Å². The molecular formula is C28H33Cl2N12. The minimum atomic E-state index is -0.131. The molecule has 3 rings (SSSR count). The second-order valence-corrected chi connectivity index (χ2v) is 9.84. The van der Waals surface area contributed by atoms with E-state index in [9.17, 15) is 5.73 Å². The van der Waals surface area contributed by atoms with E-state index in [1.807, 2.05) is 24.3 Å². The fourth-order valence-corrected chi connectivity index (χ4v) is 3.97. The van der Waals surface area contributed by atoms with Crippen molar-refractivity contribution in [3.63, 3.8) is 0 Å². The number of hydrogen-bond donors (Lipinski definition) is 4. The number of nitrogens with one attached hydrogen (secondary N) is 1. The topological polar surface area (TPSA) is 206 Å². The average Bonchev–Trinajstić information content (AvgIpc) is 2.96. The fourth-order valence-electron chi connectivity index (χ4n) is 3.72. The first-order valence-corrected chi connectivity index (χ1v) is 13.6. The van der Waals surface area contributed by atoms with Crippen molar-refractivity contribution in [3.8, 4) is 0 Å². The lowest BCUT2D eigenvalue weighted by Gasteiger charge is -2.24. The number of nitrogens with two attached hydrogens (primary N) is 4. The summed E-state index contributed by atoms with van der Waals surface area (Å²) in [6, 6.07) is 21.4. The summed E-state index contributed by atoms with van der Waals surface area (Å²) in [4.78, 5) is 20.3. The van der Waals surface area contributed by atoms with Gasteiger partial charge in [0, 0.05) is 49.3 Å². The molecule has 0 aliphatic rings. The van der Waals surface area contributed by atoms with Gasteiger partial charge in [-0.25, -0.2) is 9.98 Å². The molecule has 42 heavy (non-hydrogen) atoms. The van der Waals surface area contributed by atoms with Crippen molar-refractivity contribution in [1.82, 2.24) is 21.3 Å². The number of aliphatic imine (C=N–C) groups is 4. The van der Waals surface area contributed by atoms with E-state index in [4.69, 9.17) is 51.9 Å². The molecule has 0 aromatic heterocycles. The molecule has 0 atom stereocenters. The first-order chi connectivity index (χ1) is 20.2. The molecule has 0 aliphatic carbocycles. The van der Waals surface area contributed by atoms with Crippen LogP contribution >= 0.6 is 23.2 Å². The van der Waals surface area contributed by atoms with E-state index in [1.54, 1.807) is 58.3 Å². The van der Waals surface area contributed by atoms with Gasteiger partial charge in [0.2, 0.25) is 11.9 Å². The Kier molecular flexibility index (Phi) is 12.4. The summed E-state index contributed by atoms with van der Waals surface area (Å²) in [5, 5.41) is 1.17. The van der Waals surface area contributed by atoms with Crippen LogP contribution in [0.15, 0.2) is 92.8 Å². The Balaban J connectivity index is 1.68. The van der Waals surface area contributed by atoms with E-state index in [0.29, 0.717) is 41.1 Å². The van der Waals surface area contributed by atoms with E-state index in [0.717, 1.165) is 11.1 Å². The molecule has 0 saturated carbocycles. The molecule has 0 bridgehead atoms. The lowest BCUT2D eigenvalue weighted by molar-refractivity contribution is 0.413. The largest absolute Gasteiger partial charge is 0.369 e. The van der Waals surface area contributed by atoms with Crippen LogP contribution in [0.25, 0.3) is 0 Å². The maximum Gasteiger partial charge on any atom is 0.223 e. The van der Waals surface area contributed by atoms with Crippen LogP contribution in [0.1, 0.15) is 11.1 Å². The zero-order valence-electron chi connectivity index (χ0n) is 22.9. The molecule has 0 saturated heterocycles. The zero-order valence-corrected chi connectivity index (χ0v) is 24.4. The Bertz CT molecular complexity index is 1290. The van der Waals surface area contributed by atoms with Gasteiger partial charge in [0.05, 0.1) is 11.4 Å². The molecule has 0 amide bonds. The summed E-state index contributed by atoms with van der Waals surface area (Å²) < 4.78 is 0. The van der Waals surface area contributed by atoms with Crippen molar-refractivity contribution in [2.24, 2.45) is 42.9 Å². The predicted octanol–water partition coefficient (Wildman–Crippen LogP) is 2.87. The minimum Gasteiger partial charge on any atom is -0.369 e. The highest BCUT2D eigenvalue weighted by atomic mass is 35.5. The van der Waals surface area contributed by atoms with Crippen LogP contribution in [0.2, 0.25) is 10.0 Å². The molecule has 3 aromatic carbocycles. The standard InChI is InChI=1S/C28H33Cl2N12/c29-21-5-9-23(10-6-21)37-25(33)39-27(35)41(15-13-31)17-19-1-2-20(4-3-19)18-42(16-14-32)28(36)40-26(34)38-24-11-7-22(30)8-12-24/h1-12,31H,13-18H2,(H4,33,35,37,39)(H4,34,36,38,40). The molecule has 3 aromatic rings. The second-order valence-electron chi connectivity index (χ2n) is 8.97. The van der Waals surface area contributed by atoms with Crippen LogP contribution in [-0.2, 0) is 13.1 Å². The molecule has 0 aliphatic heterocycles. The molecule has 219 valence electrons. The summed E-state index contributed by atoms with van der Waals surface area (Å²) in [5.74, 6) is 0.229. The van der Waals surface area contributed by atoms with Crippen LogP contribution in [0.5, 0.6) is 0 Å². The normalized spacial score (nSPS) is 12.9. The van der Waals surface area contributed by atoms with Gasteiger partial charge in [-0.2, -0.15) is 9.98 Å². The molecule has 9 N–H and O–H groups in total. The number of rotatable bonds is 10. The van der Waals surface area contributed by atoms with Gasteiger partial charge in [-0.3, -0.25) is 5.73 Å². The number of benzene rings is 3. The van der Waals surface area contributed by atoms with Crippen molar-refractivity contribution >= 4 is 58.4 Å². The third-order valence-electron chi connectivity index (χ3n) is 5.77. The SMILES string of the molecule is [N]CCN(Cc1ccc(CN(CC[NH])/C(N)=N/C(N)=Nc2ccc(Cl)cc2)cc1)/C(N)=N/C(N)=Nc1ccc(Cl)cc1. The van der Waals surface area contributed by atoms with Crippen LogP contribution in [0.4, 0.5) is 11.4 Å². The van der Waals surface area contributed by atoms with Crippen LogP contribution < -0.4 is 34.4 Å². The average molecular weight is 609 g/mol. The monoisotopic (exact) mass is 607 g/mol. The molecule has 0 fully saturated rings. The van der Waals surface area contributed by atoms with Gasteiger partial charge in [0.25, 0.3) is 0 Å². The van der Waals surface area contributed by atoms with Gasteiger partial charge in [-0.1, -0.05) is 47.5 Å². The summed E-state index contributed by atoms with van der Waals surface area (Å²) >= 11 is 11.8. The number of guanidine groups is 4. The second kappa shape index (κ2) is 16.2. The predicted molar refractivity (Wildman–Crippen MR) is 171 cm³/mol. The quantitative estimate of drug-likeness (QED) is 0.201. The van der Waals surface area contributed by atoms with Gasteiger partial charge in [-0.05, 0) is 59.7 Å². The molecule has 3 radical (unpaired) electrons. The van der Waals surface area contributed by atoms with E-state index in [2.05, 4.69) is 20.0 Å². The van der Waals surface area contributed by atoms with Gasteiger partial charge < -0.3 is 32.7 Å². The maximum atomic E-state index is 9.57. The molecule has 0 spiro atoms. The number of nitrogens with zero attached hydrogens (tertiary/aromatic N) is 7. The van der Waals surface area contributed by atoms with Crippen LogP contribution in [0, 0.1) is 0 Å². The van der Waals surface area contributed by atoms with Crippen molar-refractivity contribution in [1.29, 1.82) is 0 Å². The Morgan fingerprint density at radius 2 is 1.02 bits per heavy atom. The third kappa shape index (κ3) is 10.6. The lowest BCUT2D eigenvalue weighted by Crippen LogP contribution is -2.40. The van der Waals surface area contributed by atoms with Crippen LogP contribution in [0.3, 0.4) is 0 Å². The number of halogens is 2. The van der Waals surface area contributed by atoms with E-state index in [-0.39, 0.29) is 43.5 Å². The van der Waals surface area contributed by atoms with Gasteiger partial charge in [0.15, 0.2) is 11.9 Å². The van der Waals surface area contributed by atoms with Gasteiger partial charge in [-0.15, -0.1) is 5.73 Å². The maximum absolute atomic E-state index is 9.57. The smallest absolute Gasteiger partial charge is 0.223 e. The van der Waals surface area contributed by atoms with Crippen LogP contribution in [-0.4, -0.2) is 59.8 Å². The highest BCUT2D eigenvalue weighted by Crippen LogP contribution is 2.17. The Morgan fingerprint density at radius 1 is 0.643 bits per heavy atom. The Labute approximate surface area is 255 Å². The molecular weight excluding hydrogens is 575 g/mol. The minimum absolute atomic E-state index is 0.0118. The van der Waals surface area contributed by atoms with E-state index >= 15 is 0 Å². The lowest BCUT2D eigenvalue weighted by atomic mass is 10.1. The molecule has 0 unspecified atom stereocenters. The van der Waals surface area contributed by atoms with Gasteiger partial charge in [0.1, 0.15) is 0 Å². The number of hydrogen-bond acceptors (Lipinski definition) is 2. The van der Waals surface area contributed by atoms with E-state index in [1.165, 1.54) is 0 Å². The van der Waals surface area contributed by atoms with Crippen molar-refractivity contribution in [3.05, 3.63) is 94.0 Å². The fraction of sp³-hybridized carbons (Fsp3) is 0.214. The summed E-state index contributed by atoms with van der Waals surface area (Å²) in [5.41, 5.74) is 44.6. The van der Waals surface area contributed by atoms with Crippen molar-refractivity contribution < 1.29 is 0 Å². The molecule has 14 heteroatoms. The molecule has 12 nitrogen and oxygen atoms in total. The summed E-state index contributed by atoms with van der Waals surface area (Å²) in [7, 11) is 0. The van der Waals surface area contributed by atoms with Crippen molar-refractivity contribution in [2.45, 2.75) is 13.1 Å². The first-order valence-electron chi connectivity index (χ1n) is 12.9. The zero-order chi connectivity index (χ0) is 30.5. The third-order valence-corrected chi connectivity index (χ3v) is 6.27. The molecule has 0 heterocycles. The summed E-state index contributed by atoms with van der Waals surface area (Å²) in [6.07, 6.45) is 0. The highest BCUT2D eigenvalue weighted by molar-refractivity contribution is 6.30. The summed E-state index contributed by atoms with van der Waals surface area (Å²) in [6.45, 7) is 1.36. The highest BCUT2D eigenvalue weighted by Gasteiger charge is 2.12. The Morgan fingerprint density at radius 3 is 1.38 bits per heavy atom. The van der Waals surface area contributed by atoms with Gasteiger partial charge >= 0.3 is 0 Å². The van der Waals surface area contributed by atoms with Crippen molar-refractivity contribution in [2.75, 3.05) is 26.2 Å². The first kappa shape index (κ1) is 32.2. The Hall–Kier alpha value is -4.36.